The molecule has 0 aliphatic rings. The molecule has 0 spiro atoms. The van der Waals surface area contributed by atoms with Gasteiger partial charge >= 0.3 is 0 Å². The summed E-state index contributed by atoms with van der Waals surface area (Å²) in [4.78, 5) is 16.7. The van der Waals surface area contributed by atoms with Gasteiger partial charge in [-0.25, -0.2) is 0 Å². The molecule has 4 rings (SSSR count). The van der Waals surface area contributed by atoms with Gasteiger partial charge in [0.2, 0.25) is 5.91 Å². The fraction of sp³-hybridized carbons (Fsp3) is 0.0909. The molecular weight excluding hydrogens is 453 g/mol. The summed E-state index contributed by atoms with van der Waals surface area (Å²) in [7, 11) is 0. The van der Waals surface area contributed by atoms with Crippen molar-refractivity contribution in [1.82, 2.24) is 19.7 Å². The molecule has 0 fully saturated rings. The molecule has 0 aliphatic carbocycles. The van der Waals surface area contributed by atoms with E-state index in [9.17, 15) is 4.79 Å². The topological polar surface area (TPSA) is 72.7 Å². The third-order valence-corrected chi connectivity index (χ3v) is 5.86. The van der Waals surface area contributed by atoms with E-state index in [0.29, 0.717) is 26.7 Å². The molecular formula is C22H17Cl2N5OS. The summed E-state index contributed by atoms with van der Waals surface area (Å²) in [5.74, 6) is 0.623. The number of rotatable bonds is 6. The number of carbonyl (C=O) groups is 1. The van der Waals surface area contributed by atoms with Crippen molar-refractivity contribution in [3.05, 3.63) is 82.6 Å². The summed E-state index contributed by atoms with van der Waals surface area (Å²) in [6.07, 6.45) is 3.42. The van der Waals surface area contributed by atoms with Crippen molar-refractivity contribution in [2.24, 2.45) is 0 Å². The molecule has 2 aromatic heterocycles. The summed E-state index contributed by atoms with van der Waals surface area (Å²) in [6, 6.07) is 16.5. The second kappa shape index (κ2) is 9.51. The zero-order valence-electron chi connectivity index (χ0n) is 16.4. The van der Waals surface area contributed by atoms with Crippen LogP contribution in [0.5, 0.6) is 0 Å². The maximum atomic E-state index is 12.6. The first-order valence-electron chi connectivity index (χ1n) is 9.32. The van der Waals surface area contributed by atoms with Crippen LogP contribution in [0.1, 0.15) is 5.56 Å². The Bertz CT molecular complexity index is 1210. The fourth-order valence-corrected chi connectivity index (χ4v) is 3.96. The molecule has 0 bridgehead atoms. The van der Waals surface area contributed by atoms with Crippen LogP contribution in [-0.4, -0.2) is 31.4 Å². The summed E-state index contributed by atoms with van der Waals surface area (Å²) in [5, 5.41) is 13.3. The second-order valence-corrected chi connectivity index (χ2v) is 8.47. The molecule has 156 valence electrons. The number of anilines is 1. The minimum Gasteiger partial charge on any atom is -0.325 e. The van der Waals surface area contributed by atoms with Gasteiger partial charge in [0.05, 0.1) is 5.75 Å². The van der Waals surface area contributed by atoms with E-state index in [-0.39, 0.29) is 11.7 Å². The Morgan fingerprint density at radius 1 is 1.06 bits per heavy atom. The zero-order valence-corrected chi connectivity index (χ0v) is 18.7. The Kier molecular flexibility index (Phi) is 6.56. The normalized spacial score (nSPS) is 10.8. The van der Waals surface area contributed by atoms with Gasteiger partial charge in [-0.15, -0.1) is 10.2 Å². The molecule has 0 aliphatic heterocycles. The number of aromatic nitrogens is 4. The number of thioether (sulfide) groups is 1. The van der Waals surface area contributed by atoms with Crippen LogP contribution in [0.15, 0.2) is 72.1 Å². The molecule has 4 aromatic rings. The fourth-order valence-electron chi connectivity index (χ4n) is 2.91. The first-order chi connectivity index (χ1) is 15.0. The maximum Gasteiger partial charge on any atom is 0.234 e. The highest BCUT2D eigenvalue weighted by molar-refractivity contribution is 7.99. The SMILES string of the molecule is Cc1ccc(Cl)cc1NC(=O)CSc1nnc(-c2cccnc2)n1-c1ccc(Cl)cc1. The second-order valence-electron chi connectivity index (χ2n) is 6.66. The third kappa shape index (κ3) is 5.07. The van der Waals surface area contributed by atoms with Gasteiger partial charge in [0, 0.05) is 39.4 Å². The van der Waals surface area contributed by atoms with E-state index in [1.807, 2.05) is 41.8 Å². The molecule has 1 amide bonds. The minimum atomic E-state index is -0.163. The van der Waals surface area contributed by atoms with Crippen molar-refractivity contribution in [1.29, 1.82) is 0 Å². The molecule has 9 heteroatoms. The molecule has 31 heavy (non-hydrogen) atoms. The van der Waals surface area contributed by atoms with Crippen LogP contribution in [-0.2, 0) is 4.79 Å². The first kappa shape index (κ1) is 21.4. The number of hydrogen-bond acceptors (Lipinski definition) is 5. The molecule has 6 nitrogen and oxygen atoms in total. The van der Waals surface area contributed by atoms with E-state index < -0.39 is 0 Å². The van der Waals surface area contributed by atoms with E-state index >= 15 is 0 Å². The number of amides is 1. The van der Waals surface area contributed by atoms with Crippen LogP contribution in [0.4, 0.5) is 5.69 Å². The Balaban J connectivity index is 1.59. The highest BCUT2D eigenvalue weighted by atomic mass is 35.5. The van der Waals surface area contributed by atoms with E-state index in [2.05, 4.69) is 20.5 Å². The molecule has 1 N–H and O–H groups in total. The predicted molar refractivity (Wildman–Crippen MR) is 125 cm³/mol. The number of hydrogen-bond donors (Lipinski definition) is 1. The van der Waals surface area contributed by atoms with Crippen molar-refractivity contribution in [3.63, 3.8) is 0 Å². The van der Waals surface area contributed by atoms with Crippen molar-refractivity contribution < 1.29 is 4.79 Å². The lowest BCUT2D eigenvalue weighted by atomic mass is 10.2. The summed E-state index contributed by atoms with van der Waals surface area (Å²) < 4.78 is 1.88. The number of benzene rings is 2. The van der Waals surface area contributed by atoms with Crippen LogP contribution < -0.4 is 5.32 Å². The van der Waals surface area contributed by atoms with Crippen molar-refractivity contribution in [3.8, 4) is 17.1 Å². The number of aryl methyl sites for hydroxylation is 1. The molecule has 2 heterocycles. The summed E-state index contributed by atoms with van der Waals surface area (Å²) in [5.41, 5.74) is 3.27. The number of nitrogens with zero attached hydrogens (tertiary/aromatic N) is 4. The van der Waals surface area contributed by atoms with Crippen molar-refractivity contribution in [2.75, 3.05) is 11.1 Å². The summed E-state index contributed by atoms with van der Waals surface area (Å²) in [6.45, 7) is 1.91. The Labute approximate surface area is 193 Å². The Morgan fingerprint density at radius 3 is 2.58 bits per heavy atom. The minimum absolute atomic E-state index is 0.157. The summed E-state index contributed by atoms with van der Waals surface area (Å²) >= 11 is 13.4. The largest absolute Gasteiger partial charge is 0.325 e. The average molecular weight is 470 g/mol. The van der Waals surface area contributed by atoms with E-state index in [1.165, 1.54) is 11.8 Å². The Hall–Kier alpha value is -2.87. The van der Waals surface area contributed by atoms with Gasteiger partial charge < -0.3 is 5.32 Å². The molecule has 0 saturated heterocycles. The molecule has 0 radical (unpaired) electrons. The standard InChI is InChI=1S/C22H17Cl2N5OS/c1-14-4-5-17(24)11-19(14)26-20(30)13-31-22-28-27-21(15-3-2-10-25-12-15)29(22)18-8-6-16(23)7-9-18/h2-12H,13H2,1H3,(H,26,30). The maximum absolute atomic E-state index is 12.6. The quantitative estimate of drug-likeness (QED) is 0.368. The lowest BCUT2D eigenvalue weighted by Crippen LogP contribution is -2.15. The van der Waals surface area contributed by atoms with Gasteiger partial charge in [-0.05, 0) is 61.0 Å². The number of carbonyl (C=O) groups excluding carboxylic acids is 1. The average Bonchev–Trinajstić information content (AvgIpc) is 3.20. The van der Waals surface area contributed by atoms with Crippen LogP contribution in [0, 0.1) is 6.92 Å². The van der Waals surface area contributed by atoms with E-state index in [1.54, 1.807) is 36.7 Å². The van der Waals surface area contributed by atoms with Crippen LogP contribution in [0.2, 0.25) is 10.0 Å². The first-order valence-corrected chi connectivity index (χ1v) is 11.1. The highest BCUT2D eigenvalue weighted by Gasteiger charge is 2.18. The van der Waals surface area contributed by atoms with Gasteiger partial charge in [0.1, 0.15) is 0 Å². The number of nitrogens with one attached hydrogen (secondary N) is 1. The van der Waals surface area contributed by atoms with Gasteiger partial charge in [-0.3, -0.25) is 14.3 Å². The van der Waals surface area contributed by atoms with Crippen LogP contribution in [0.25, 0.3) is 17.1 Å². The smallest absolute Gasteiger partial charge is 0.234 e. The van der Waals surface area contributed by atoms with Gasteiger partial charge in [0.25, 0.3) is 0 Å². The van der Waals surface area contributed by atoms with Gasteiger partial charge in [-0.1, -0.05) is 41.0 Å². The van der Waals surface area contributed by atoms with Crippen molar-refractivity contribution in [2.45, 2.75) is 12.1 Å². The monoisotopic (exact) mass is 469 g/mol. The lowest BCUT2D eigenvalue weighted by Gasteiger charge is -2.11. The van der Waals surface area contributed by atoms with Gasteiger partial charge in [-0.2, -0.15) is 0 Å². The van der Waals surface area contributed by atoms with Gasteiger partial charge in [0.15, 0.2) is 11.0 Å². The van der Waals surface area contributed by atoms with Crippen LogP contribution in [0.3, 0.4) is 0 Å². The zero-order chi connectivity index (χ0) is 21.8. The molecule has 0 unspecified atom stereocenters. The third-order valence-electron chi connectivity index (χ3n) is 4.44. The number of pyridine rings is 1. The van der Waals surface area contributed by atoms with E-state index in [4.69, 9.17) is 23.2 Å². The van der Waals surface area contributed by atoms with E-state index in [0.717, 1.165) is 16.8 Å². The number of halogens is 2. The highest BCUT2D eigenvalue weighted by Crippen LogP contribution is 2.28. The van der Waals surface area contributed by atoms with Crippen LogP contribution >= 0.6 is 35.0 Å². The lowest BCUT2D eigenvalue weighted by molar-refractivity contribution is -0.113. The molecule has 2 aromatic carbocycles. The predicted octanol–water partition coefficient (Wildman–Crippen LogP) is 5.68. The Morgan fingerprint density at radius 2 is 1.84 bits per heavy atom. The molecule has 0 atom stereocenters. The van der Waals surface area contributed by atoms with Crippen molar-refractivity contribution >= 4 is 46.6 Å². The molecule has 0 saturated carbocycles.